The van der Waals surface area contributed by atoms with E-state index in [4.69, 9.17) is 10.5 Å². The van der Waals surface area contributed by atoms with Crippen LogP contribution in [0.3, 0.4) is 0 Å². The van der Waals surface area contributed by atoms with Crippen LogP contribution in [0.4, 0.5) is 0 Å². The van der Waals surface area contributed by atoms with E-state index in [1.165, 1.54) is 0 Å². The number of nitrogens with zero attached hydrogens (tertiary/aromatic N) is 2. The van der Waals surface area contributed by atoms with Gasteiger partial charge in [-0.25, -0.2) is 4.98 Å². The highest BCUT2D eigenvalue weighted by molar-refractivity contribution is 5.88. The first-order valence-electron chi connectivity index (χ1n) is 7.55. The number of rotatable bonds is 5. The molecular weight excluding hydrogens is 296 g/mol. The Morgan fingerprint density at radius 3 is 2.83 bits per heavy atom. The van der Waals surface area contributed by atoms with Crippen LogP contribution in [0, 0.1) is 0 Å². The number of nitrogens with two attached hydrogens (primary N) is 1. The standard InChI is InChI=1S/C16H18N4O3/c17-15(21)13(20-16(22)14-6-3-7-23-14)8-10-9-18-11-4-1-2-5-12(11)19-10/h1-2,4-5,9,13-14H,3,6-8H2,(H2,17,21)(H,20,22)/t13-,14+/m0/s1. The van der Waals surface area contributed by atoms with E-state index in [-0.39, 0.29) is 12.3 Å². The molecule has 2 amide bonds. The maximum atomic E-state index is 12.1. The molecule has 0 radical (unpaired) electrons. The topological polar surface area (TPSA) is 107 Å². The molecule has 23 heavy (non-hydrogen) atoms. The number of benzene rings is 1. The number of amides is 2. The predicted molar refractivity (Wildman–Crippen MR) is 83.3 cm³/mol. The molecule has 0 aliphatic carbocycles. The molecule has 2 heterocycles. The Labute approximate surface area is 133 Å². The Morgan fingerprint density at radius 1 is 1.35 bits per heavy atom. The fourth-order valence-electron chi connectivity index (χ4n) is 2.57. The van der Waals surface area contributed by atoms with Crippen molar-refractivity contribution in [2.45, 2.75) is 31.4 Å². The molecule has 1 aliphatic heterocycles. The highest BCUT2D eigenvalue weighted by Gasteiger charge is 2.27. The smallest absolute Gasteiger partial charge is 0.249 e. The minimum absolute atomic E-state index is 0.200. The number of hydrogen-bond acceptors (Lipinski definition) is 5. The molecule has 0 saturated carbocycles. The summed E-state index contributed by atoms with van der Waals surface area (Å²) in [6.45, 7) is 0.565. The van der Waals surface area contributed by atoms with Crippen molar-refractivity contribution >= 4 is 22.8 Å². The molecule has 2 atom stereocenters. The van der Waals surface area contributed by atoms with Crippen molar-refractivity contribution in [1.29, 1.82) is 0 Å². The number of fused-ring (bicyclic) bond motifs is 1. The van der Waals surface area contributed by atoms with E-state index in [2.05, 4.69) is 15.3 Å². The van der Waals surface area contributed by atoms with Gasteiger partial charge in [-0.3, -0.25) is 14.6 Å². The van der Waals surface area contributed by atoms with Gasteiger partial charge in [-0.05, 0) is 25.0 Å². The number of para-hydroxylation sites is 2. The quantitative estimate of drug-likeness (QED) is 0.826. The van der Waals surface area contributed by atoms with Crippen LogP contribution in [0.25, 0.3) is 11.0 Å². The van der Waals surface area contributed by atoms with Crippen molar-refractivity contribution < 1.29 is 14.3 Å². The van der Waals surface area contributed by atoms with E-state index in [0.717, 1.165) is 17.5 Å². The van der Waals surface area contributed by atoms with Gasteiger partial charge in [-0.15, -0.1) is 0 Å². The molecule has 7 nitrogen and oxygen atoms in total. The van der Waals surface area contributed by atoms with Gasteiger partial charge in [0, 0.05) is 19.2 Å². The van der Waals surface area contributed by atoms with Gasteiger partial charge < -0.3 is 15.8 Å². The number of hydrogen-bond donors (Lipinski definition) is 2. The van der Waals surface area contributed by atoms with E-state index in [1.807, 2.05) is 24.3 Å². The first-order valence-corrected chi connectivity index (χ1v) is 7.55. The van der Waals surface area contributed by atoms with Crippen molar-refractivity contribution in [1.82, 2.24) is 15.3 Å². The van der Waals surface area contributed by atoms with Gasteiger partial charge in [-0.2, -0.15) is 0 Å². The monoisotopic (exact) mass is 314 g/mol. The second kappa shape index (κ2) is 6.70. The molecule has 2 aromatic rings. The SMILES string of the molecule is NC(=O)[C@H](Cc1cnc2ccccc2n1)NC(=O)[C@H]1CCCO1. The van der Waals surface area contributed by atoms with Gasteiger partial charge in [0.2, 0.25) is 11.8 Å². The highest BCUT2D eigenvalue weighted by Crippen LogP contribution is 2.13. The third-order valence-electron chi connectivity index (χ3n) is 3.79. The first-order chi connectivity index (χ1) is 11.1. The third kappa shape index (κ3) is 3.62. The summed E-state index contributed by atoms with van der Waals surface area (Å²) < 4.78 is 5.31. The van der Waals surface area contributed by atoms with E-state index < -0.39 is 18.1 Å². The summed E-state index contributed by atoms with van der Waals surface area (Å²) in [6, 6.07) is 6.62. The number of primary amides is 1. The zero-order chi connectivity index (χ0) is 16.2. The minimum atomic E-state index is -0.831. The Hall–Kier alpha value is -2.54. The van der Waals surface area contributed by atoms with Crippen molar-refractivity contribution in [2.24, 2.45) is 5.73 Å². The summed E-state index contributed by atoms with van der Waals surface area (Å²) in [5.74, 6) is -0.911. The first kappa shape index (κ1) is 15.4. The summed E-state index contributed by atoms with van der Waals surface area (Å²) in [6.07, 6.45) is 2.80. The summed E-state index contributed by atoms with van der Waals surface area (Å²) in [5.41, 5.74) is 7.51. The van der Waals surface area contributed by atoms with Gasteiger partial charge in [0.25, 0.3) is 0 Å². The largest absolute Gasteiger partial charge is 0.368 e. The molecule has 0 spiro atoms. The Kier molecular flexibility index (Phi) is 4.47. The fourth-order valence-corrected chi connectivity index (χ4v) is 2.57. The lowest BCUT2D eigenvalue weighted by Crippen LogP contribution is -2.49. The average molecular weight is 314 g/mol. The molecule has 1 aliphatic rings. The number of ether oxygens (including phenoxy) is 1. The zero-order valence-corrected chi connectivity index (χ0v) is 12.6. The zero-order valence-electron chi connectivity index (χ0n) is 12.6. The molecule has 7 heteroatoms. The maximum Gasteiger partial charge on any atom is 0.249 e. The Balaban J connectivity index is 1.72. The van der Waals surface area contributed by atoms with Crippen LogP contribution in [0.5, 0.6) is 0 Å². The maximum absolute atomic E-state index is 12.1. The molecule has 0 bridgehead atoms. The Bertz CT molecular complexity index is 728. The van der Waals surface area contributed by atoms with Crippen LogP contribution < -0.4 is 11.1 Å². The van der Waals surface area contributed by atoms with E-state index in [0.29, 0.717) is 18.7 Å². The predicted octanol–water partition coefficient (Wildman–Crippen LogP) is 0.321. The van der Waals surface area contributed by atoms with Crippen LogP contribution in [0.2, 0.25) is 0 Å². The van der Waals surface area contributed by atoms with Gasteiger partial charge in [0.1, 0.15) is 12.1 Å². The number of carbonyl (C=O) groups excluding carboxylic acids is 2. The fraction of sp³-hybridized carbons (Fsp3) is 0.375. The van der Waals surface area contributed by atoms with Gasteiger partial charge in [-0.1, -0.05) is 12.1 Å². The molecule has 1 aromatic carbocycles. The minimum Gasteiger partial charge on any atom is -0.368 e. The van der Waals surface area contributed by atoms with Gasteiger partial charge in [0.05, 0.1) is 16.7 Å². The molecular formula is C16H18N4O3. The van der Waals surface area contributed by atoms with Crippen molar-refractivity contribution in [2.75, 3.05) is 6.61 Å². The van der Waals surface area contributed by atoms with Crippen LogP contribution >= 0.6 is 0 Å². The molecule has 1 saturated heterocycles. The summed E-state index contributed by atoms with van der Waals surface area (Å²) in [5, 5.41) is 2.65. The number of nitrogens with one attached hydrogen (secondary N) is 1. The average Bonchev–Trinajstić information content (AvgIpc) is 3.08. The summed E-state index contributed by atoms with van der Waals surface area (Å²) >= 11 is 0. The molecule has 1 fully saturated rings. The lowest BCUT2D eigenvalue weighted by Gasteiger charge is -2.17. The van der Waals surface area contributed by atoms with Gasteiger partial charge in [0.15, 0.2) is 0 Å². The van der Waals surface area contributed by atoms with Crippen LogP contribution in [-0.2, 0) is 20.7 Å². The Morgan fingerprint density at radius 2 is 2.13 bits per heavy atom. The number of aromatic nitrogens is 2. The normalized spacial score (nSPS) is 18.7. The third-order valence-corrected chi connectivity index (χ3v) is 3.79. The van der Waals surface area contributed by atoms with E-state index in [1.54, 1.807) is 6.20 Å². The lowest BCUT2D eigenvalue weighted by molar-refractivity contribution is -0.133. The van der Waals surface area contributed by atoms with E-state index in [9.17, 15) is 9.59 Å². The van der Waals surface area contributed by atoms with Gasteiger partial charge >= 0.3 is 0 Å². The molecule has 120 valence electrons. The number of carbonyl (C=O) groups is 2. The molecule has 0 unspecified atom stereocenters. The van der Waals surface area contributed by atoms with Crippen LogP contribution in [0.1, 0.15) is 18.5 Å². The van der Waals surface area contributed by atoms with Crippen molar-refractivity contribution in [3.05, 3.63) is 36.2 Å². The van der Waals surface area contributed by atoms with Crippen LogP contribution in [0.15, 0.2) is 30.5 Å². The molecule has 1 aromatic heterocycles. The van der Waals surface area contributed by atoms with Crippen LogP contribution in [-0.4, -0.2) is 40.5 Å². The molecule has 3 rings (SSSR count). The second-order valence-corrected chi connectivity index (χ2v) is 5.52. The summed E-state index contributed by atoms with van der Waals surface area (Å²) in [7, 11) is 0. The van der Waals surface area contributed by atoms with Crippen molar-refractivity contribution in [3.8, 4) is 0 Å². The lowest BCUT2D eigenvalue weighted by atomic mass is 10.1. The highest BCUT2D eigenvalue weighted by atomic mass is 16.5. The summed E-state index contributed by atoms with van der Waals surface area (Å²) in [4.78, 5) is 32.5. The molecule has 3 N–H and O–H groups in total. The second-order valence-electron chi connectivity index (χ2n) is 5.52. The van der Waals surface area contributed by atoms with Crippen molar-refractivity contribution in [3.63, 3.8) is 0 Å². The van der Waals surface area contributed by atoms with E-state index >= 15 is 0 Å².